The van der Waals surface area contributed by atoms with Gasteiger partial charge in [0.15, 0.2) is 0 Å². The molecule has 0 spiro atoms. The Balaban J connectivity index is 2.03. The third kappa shape index (κ3) is 1.86. The maximum atomic E-state index is 5.62. The molecule has 0 atom stereocenters. The Morgan fingerprint density at radius 1 is 1.06 bits per heavy atom. The monoisotopic (exact) mass is 225 g/mol. The number of fused-ring (bicyclic) bond motifs is 1. The standard InChI is InChI=1S/C15H15NO/c1-11-3-5-13-7-8-16(15(13)9-11)10-14-6-4-12(2)17-14/h3-9H,10H2,1-2H3. The van der Waals surface area contributed by atoms with E-state index in [4.69, 9.17) is 4.42 Å². The summed E-state index contributed by atoms with van der Waals surface area (Å²) in [6, 6.07) is 12.7. The smallest absolute Gasteiger partial charge is 0.123 e. The van der Waals surface area contributed by atoms with Crippen LogP contribution in [0.1, 0.15) is 17.1 Å². The van der Waals surface area contributed by atoms with E-state index in [1.807, 2.05) is 19.1 Å². The van der Waals surface area contributed by atoms with Crippen LogP contribution in [0.2, 0.25) is 0 Å². The van der Waals surface area contributed by atoms with Crippen molar-refractivity contribution in [3.05, 3.63) is 59.7 Å². The Kier molecular flexibility index (Phi) is 2.29. The van der Waals surface area contributed by atoms with Crippen molar-refractivity contribution in [2.45, 2.75) is 20.4 Å². The summed E-state index contributed by atoms with van der Waals surface area (Å²) in [6.07, 6.45) is 2.11. The van der Waals surface area contributed by atoms with Crippen molar-refractivity contribution in [2.75, 3.05) is 0 Å². The van der Waals surface area contributed by atoms with Gasteiger partial charge < -0.3 is 8.98 Å². The highest BCUT2D eigenvalue weighted by molar-refractivity contribution is 5.80. The fourth-order valence-electron chi connectivity index (χ4n) is 2.17. The van der Waals surface area contributed by atoms with Crippen LogP contribution < -0.4 is 0 Å². The molecule has 2 nitrogen and oxygen atoms in total. The highest BCUT2D eigenvalue weighted by atomic mass is 16.3. The number of aromatic nitrogens is 1. The van der Waals surface area contributed by atoms with Gasteiger partial charge in [0.2, 0.25) is 0 Å². The fraction of sp³-hybridized carbons (Fsp3) is 0.200. The molecule has 0 saturated heterocycles. The van der Waals surface area contributed by atoms with E-state index in [1.54, 1.807) is 0 Å². The van der Waals surface area contributed by atoms with E-state index in [1.165, 1.54) is 16.5 Å². The molecule has 0 N–H and O–H groups in total. The molecular weight excluding hydrogens is 210 g/mol. The Labute approximate surface area is 100 Å². The van der Waals surface area contributed by atoms with Crippen LogP contribution in [0.25, 0.3) is 10.9 Å². The second kappa shape index (κ2) is 3.81. The first-order chi connectivity index (χ1) is 8.22. The lowest BCUT2D eigenvalue weighted by Crippen LogP contribution is -1.96. The minimum Gasteiger partial charge on any atom is -0.464 e. The van der Waals surface area contributed by atoms with Crippen LogP contribution in [0, 0.1) is 13.8 Å². The molecule has 2 heterocycles. The van der Waals surface area contributed by atoms with Crippen LogP contribution in [0.5, 0.6) is 0 Å². The van der Waals surface area contributed by atoms with E-state index >= 15 is 0 Å². The number of benzene rings is 1. The molecule has 2 aromatic heterocycles. The van der Waals surface area contributed by atoms with E-state index in [9.17, 15) is 0 Å². The Bertz CT molecular complexity index is 660. The van der Waals surface area contributed by atoms with Crippen LogP contribution in [0.15, 0.2) is 47.0 Å². The van der Waals surface area contributed by atoms with Gasteiger partial charge in [0, 0.05) is 11.7 Å². The van der Waals surface area contributed by atoms with Gasteiger partial charge in [-0.15, -0.1) is 0 Å². The quantitative estimate of drug-likeness (QED) is 0.647. The second-order valence-corrected chi connectivity index (χ2v) is 4.52. The maximum Gasteiger partial charge on any atom is 0.123 e. The van der Waals surface area contributed by atoms with Crippen molar-refractivity contribution in [3.63, 3.8) is 0 Å². The van der Waals surface area contributed by atoms with Gasteiger partial charge in [0.1, 0.15) is 11.5 Å². The summed E-state index contributed by atoms with van der Waals surface area (Å²) in [6.45, 7) is 4.88. The van der Waals surface area contributed by atoms with Gasteiger partial charge in [-0.3, -0.25) is 0 Å². The van der Waals surface area contributed by atoms with E-state index in [-0.39, 0.29) is 0 Å². The average molecular weight is 225 g/mol. The summed E-state index contributed by atoms with van der Waals surface area (Å²) in [7, 11) is 0. The lowest BCUT2D eigenvalue weighted by atomic mass is 10.2. The minimum atomic E-state index is 0.792. The zero-order valence-electron chi connectivity index (χ0n) is 10.1. The summed E-state index contributed by atoms with van der Waals surface area (Å²) in [5.74, 6) is 1.97. The molecule has 17 heavy (non-hydrogen) atoms. The van der Waals surface area contributed by atoms with Crippen LogP contribution in [-0.2, 0) is 6.54 Å². The molecule has 2 heteroatoms. The summed E-state index contributed by atoms with van der Waals surface area (Å²) in [4.78, 5) is 0. The molecule has 0 bridgehead atoms. The largest absolute Gasteiger partial charge is 0.464 e. The molecule has 0 radical (unpaired) electrons. The molecule has 3 rings (SSSR count). The molecular formula is C15H15NO. The number of aryl methyl sites for hydroxylation is 2. The molecule has 0 aliphatic heterocycles. The average Bonchev–Trinajstić information content (AvgIpc) is 2.87. The molecule has 3 aromatic rings. The van der Waals surface area contributed by atoms with Gasteiger partial charge in [-0.25, -0.2) is 0 Å². The van der Waals surface area contributed by atoms with Crippen LogP contribution in [-0.4, -0.2) is 4.57 Å². The first-order valence-corrected chi connectivity index (χ1v) is 5.83. The van der Waals surface area contributed by atoms with E-state index in [0.717, 1.165) is 18.1 Å². The summed E-state index contributed by atoms with van der Waals surface area (Å²) >= 11 is 0. The third-order valence-corrected chi connectivity index (χ3v) is 3.05. The number of nitrogens with zero attached hydrogens (tertiary/aromatic N) is 1. The van der Waals surface area contributed by atoms with Crippen molar-refractivity contribution in [1.82, 2.24) is 4.57 Å². The van der Waals surface area contributed by atoms with Gasteiger partial charge in [-0.2, -0.15) is 0 Å². The van der Waals surface area contributed by atoms with Crippen molar-refractivity contribution >= 4 is 10.9 Å². The molecule has 0 saturated carbocycles. The van der Waals surface area contributed by atoms with E-state index in [2.05, 4.69) is 42.0 Å². The molecule has 0 aliphatic rings. The number of rotatable bonds is 2. The molecule has 1 aromatic carbocycles. The predicted octanol–water partition coefficient (Wildman–Crippen LogP) is 3.90. The lowest BCUT2D eigenvalue weighted by Gasteiger charge is -2.03. The van der Waals surface area contributed by atoms with Crippen molar-refractivity contribution in [1.29, 1.82) is 0 Å². The zero-order valence-corrected chi connectivity index (χ0v) is 10.1. The lowest BCUT2D eigenvalue weighted by molar-refractivity contribution is 0.473. The third-order valence-electron chi connectivity index (χ3n) is 3.05. The highest BCUT2D eigenvalue weighted by Crippen LogP contribution is 2.19. The number of furan rings is 1. The Hall–Kier alpha value is -1.96. The number of hydrogen-bond donors (Lipinski definition) is 0. The normalized spacial score (nSPS) is 11.2. The van der Waals surface area contributed by atoms with Crippen LogP contribution in [0.3, 0.4) is 0 Å². The summed E-state index contributed by atoms with van der Waals surface area (Å²) in [5, 5.41) is 1.28. The van der Waals surface area contributed by atoms with E-state index in [0.29, 0.717) is 0 Å². The van der Waals surface area contributed by atoms with Crippen molar-refractivity contribution in [3.8, 4) is 0 Å². The molecule has 0 unspecified atom stereocenters. The van der Waals surface area contributed by atoms with Gasteiger partial charge in [-0.1, -0.05) is 12.1 Å². The van der Waals surface area contributed by atoms with Crippen LogP contribution in [0.4, 0.5) is 0 Å². The molecule has 0 fully saturated rings. The first-order valence-electron chi connectivity index (χ1n) is 5.83. The second-order valence-electron chi connectivity index (χ2n) is 4.52. The van der Waals surface area contributed by atoms with Crippen molar-refractivity contribution < 1.29 is 4.42 Å². The zero-order chi connectivity index (χ0) is 11.8. The summed E-state index contributed by atoms with van der Waals surface area (Å²) in [5.41, 5.74) is 2.55. The predicted molar refractivity (Wildman–Crippen MR) is 69.2 cm³/mol. The first kappa shape index (κ1) is 10.2. The summed E-state index contributed by atoms with van der Waals surface area (Å²) < 4.78 is 7.84. The van der Waals surface area contributed by atoms with Gasteiger partial charge in [0.05, 0.1) is 6.54 Å². The maximum absolute atomic E-state index is 5.62. The van der Waals surface area contributed by atoms with Crippen LogP contribution >= 0.6 is 0 Å². The minimum absolute atomic E-state index is 0.792. The number of hydrogen-bond acceptors (Lipinski definition) is 1. The fourth-order valence-corrected chi connectivity index (χ4v) is 2.17. The molecule has 0 aliphatic carbocycles. The topological polar surface area (TPSA) is 18.1 Å². The molecule has 86 valence electrons. The Morgan fingerprint density at radius 3 is 2.71 bits per heavy atom. The van der Waals surface area contributed by atoms with Gasteiger partial charge >= 0.3 is 0 Å². The van der Waals surface area contributed by atoms with E-state index < -0.39 is 0 Å². The Morgan fingerprint density at radius 2 is 1.94 bits per heavy atom. The molecule has 0 amide bonds. The van der Waals surface area contributed by atoms with Gasteiger partial charge in [-0.05, 0) is 49.1 Å². The SMILES string of the molecule is Cc1ccc2ccn(Cc3ccc(C)o3)c2c1. The highest BCUT2D eigenvalue weighted by Gasteiger charge is 2.04. The van der Waals surface area contributed by atoms with Crippen molar-refractivity contribution in [2.24, 2.45) is 0 Å². The van der Waals surface area contributed by atoms with Gasteiger partial charge in [0.25, 0.3) is 0 Å².